The summed E-state index contributed by atoms with van der Waals surface area (Å²) in [6.07, 6.45) is 5.27. The lowest BCUT2D eigenvalue weighted by Gasteiger charge is -2.09. The Kier molecular flexibility index (Phi) is 5.25. The molecule has 7 heteroatoms. The lowest BCUT2D eigenvalue weighted by molar-refractivity contribution is -0.117. The van der Waals surface area contributed by atoms with E-state index >= 15 is 0 Å². The monoisotopic (exact) mass is 352 g/mol. The van der Waals surface area contributed by atoms with Gasteiger partial charge in [-0.1, -0.05) is 6.07 Å². The van der Waals surface area contributed by atoms with Gasteiger partial charge in [-0.15, -0.1) is 11.8 Å². The predicted octanol–water partition coefficient (Wildman–Crippen LogP) is 2.67. The Bertz CT molecular complexity index is 941. The number of aromatic nitrogens is 3. The molecule has 0 atom stereocenters. The van der Waals surface area contributed by atoms with E-state index in [1.807, 2.05) is 24.5 Å². The highest BCUT2D eigenvalue weighted by atomic mass is 32.2. The zero-order valence-electron chi connectivity index (χ0n) is 13.5. The van der Waals surface area contributed by atoms with Crippen LogP contribution in [-0.4, -0.2) is 26.9 Å². The fourth-order valence-electron chi connectivity index (χ4n) is 2.28. The second kappa shape index (κ2) is 7.76. The van der Waals surface area contributed by atoms with E-state index in [2.05, 4.69) is 15.4 Å². The van der Waals surface area contributed by atoms with Crippen molar-refractivity contribution in [2.45, 2.75) is 11.4 Å². The summed E-state index contributed by atoms with van der Waals surface area (Å²) in [6, 6.07) is 14.2. The molecule has 0 spiro atoms. The smallest absolute Gasteiger partial charge is 0.267 e. The molecule has 0 saturated carbocycles. The molecule has 6 nitrogen and oxygen atoms in total. The van der Waals surface area contributed by atoms with Gasteiger partial charge >= 0.3 is 0 Å². The Labute approximate surface area is 148 Å². The van der Waals surface area contributed by atoms with Crippen LogP contribution in [0.15, 0.2) is 70.6 Å². The number of hydrogen-bond acceptors (Lipinski definition) is 5. The van der Waals surface area contributed by atoms with Crippen LogP contribution in [0.1, 0.15) is 0 Å². The van der Waals surface area contributed by atoms with Crippen LogP contribution in [0.4, 0.5) is 5.69 Å². The number of pyridine rings is 1. The van der Waals surface area contributed by atoms with Gasteiger partial charge < -0.3 is 5.32 Å². The summed E-state index contributed by atoms with van der Waals surface area (Å²) in [5.41, 5.74) is 1.80. The Morgan fingerprint density at radius 3 is 2.72 bits per heavy atom. The minimum Gasteiger partial charge on any atom is -0.324 e. The van der Waals surface area contributed by atoms with Crippen LogP contribution in [0.3, 0.4) is 0 Å². The first kappa shape index (κ1) is 16.9. The van der Waals surface area contributed by atoms with Crippen LogP contribution in [-0.2, 0) is 11.3 Å². The van der Waals surface area contributed by atoms with Crippen molar-refractivity contribution >= 4 is 23.4 Å². The highest BCUT2D eigenvalue weighted by Gasteiger charge is 2.08. The first-order valence-electron chi connectivity index (χ1n) is 7.58. The van der Waals surface area contributed by atoms with Crippen molar-refractivity contribution in [3.63, 3.8) is 0 Å². The SMILES string of the molecule is CSc1cccc(NC(=O)Cn2nc(-c3ccncc3)ccc2=O)c1. The molecule has 3 rings (SSSR count). The quantitative estimate of drug-likeness (QED) is 0.715. The normalized spacial score (nSPS) is 10.4. The zero-order chi connectivity index (χ0) is 17.6. The number of benzene rings is 1. The van der Waals surface area contributed by atoms with E-state index < -0.39 is 0 Å². The molecule has 0 saturated heterocycles. The summed E-state index contributed by atoms with van der Waals surface area (Å²) in [7, 11) is 0. The average Bonchev–Trinajstić information content (AvgIpc) is 2.64. The molecule has 1 N–H and O–H groups in total. The number of hydrogen-bond donors (Lipinski definition) is 1. The van der Waals surface area contributed by atoms with Crippen LogP contribution < -0.4 is 10.9 Å². The number of nitrogens with zero attached hydrogens (tertiary/aromatic N) is 3. The number of rotatable bonds is 5. The van der Waals surface area contributed by atoms with Gasteiger partial charge in [-0.3, -0.25) is 14.6 Å². The Morgan fingerprint density at radius 2 is 1.96 bits per heavy atom. The Hall–Kier alpha value is -2.93. The molecule has 2 heterocycles. The molecule has 25 heavy (non-hydrogen) atoms. The fourth-order valence-corrected chi connectivity index (χ4v) is 2.74. The molecule has 1 aromatic carbocycles. The van der Waals surface area contributed by atoms with Gasteiger partial charge in [0.25, 0.3) is 5.56 Å². The van der Waals surface area contributed by atoms with E-state index in [1.54, 1.807) is 48.4 Å². The Morgan fingerprint density at radius 1 is 1.16 bits per heavy atom. The third-order valence-corrected chi connectivity index (χ3v) is 4.21. The van der Waals surface area contributed by atoms with Crippen molar-refractivity contribution in [3.05, 3.63) is 71.3 Å². The first-order chi connectivity index (χ1) is 12.2. The Balaban J connectivity index is 1.78. The minimum absolute atomic E-state index is 0.152. The van der Waals surface area contributed by atoms with E-state index in [4.69, 9.17) is 0 Å². The van der Waals surface area contributed by atoms with Gasteiger partial charge in [0.2, 0.25) is 5.91 Å². The molecule has 0 unspecified atom stereocenters. The van der Waals surface area contributed by atoms with Crippen LogP contribution >= 0.6 is 11.8 Å². The number of carbonyl (C=O) groups is 1. The van der Waals surface area contributed by atoms with Gasteiger partial charge in [0.15, 0.2) is 0 Å². The molecule has 0 fully saturated rings. The predicted molar refractivity (Wildman–Crippen MR) is 98.6 cm³/mol. The van der Waals surface area contributed by atoms with Crippen molar-refractivity contribution in [1.29, 1.82) is 0 Å². The van der Waals surface area contributed by atoms with Crippen molar-refractivity contribution < 1.29 is 4.79 Å². The molecule has 2 aromatic heterocycles. The molecule has 0 aliphatic rings. The van der Waals surface area contributed by atoms with Crippen LogP contribution in [0.5, 0.6) is 0 Å². The van der Waals surface area contributed by atoms with E-state index in [1.165, 1.54) is 6.07 Å². The average molecular weight is 352 g/mol. The molecule has 0 aliphatic carbocycles. The number of carbonyl (C=O) groups excluding carboxylic acids is 1. The van der Waals surface area contributed by atoms with Crippen LogP contribution in [0, 0.1) is 0 Å². The second-order valence-electron chi connectivity index (χ2n) is 5.23. The van der Waals surface area contributed by atoms with Gasteiger partial charge in [-0.2, -0.15) is 5.10 Å². The standard InChI is InChI=1S/C18H16N4O2S/c1-25-15-4-2-3-14(11-15)20-17(23)12-22-18(24)6-5-16(21-22)13-7-9-19-10-8-13/h2-11H,12H2,1H3,(H,20,23). The van der Waals surface area contributed by atoms with Crippen molar-refractivity contribution in [2.75, 3.05) is 11.6 Å². The molecule has 0 radical (unpaired) electrons. The van der Waals surface area contributed by atoms with Crippen LogP contribution in [0.25, 0.3) is 11.3 Å². The summed E-state index contributed by atoms with van der Waals surface area (Å²) < 4.78 is 1.16. The largest absolute Gasteiger partial charge is 0.324 e. The van der Waals surface area contributed by atoms with Crippen molar-refractivity contribution in [1.82, 2.24) is 14.8 Å². The highest BCUT2D eigenvalue weighted by Crippen LogP contribution is 2.19. The van der Waals surface area contributed by atoms with Crippen LogP contribution in [0.2, 0.25) is 0 Å². The molecular weight excluding hydrogens is 336 g/mol. The van der Waals surface area contributed by atoms with Gasteiger partial charge in [-0.05, 0) is 42.7 Å². The minimum atomic E-state index is -0.328. The number of thioether (sulfide) groups is 1. The van der Waals surface area contributed by atoms with Gasteiger partial charge in [0, 0.05) is 34.6 Å². The summed E-state index contributed by atoms with van der Waals surface area (Å²) in [4.78, 5) is 29.3. The molecule has 0 bridgehead atoms. The van der Waals surface area contributed by atoms with Gasteiger partial charge in [0.05, 0.1) is 5.69 Å². The van der Waals surface area contributed by atoms with E-state index in [9.17, 15) is 9.59 Å². The maximum absolute atomic E-state index is 12.3. The lowest BCUT2D eigenvalue weighted by Crippen LogP contribution is -2.29. The third kappa shape index (κ3) is 4.33. The van der Waals surface area contributed by atoms with E-state index in [-0.39, 0.29) is 18.0 Å². The highest BCUT2D eigenvalue weighted by molar-refractivity contribution is 7.98. The zero-order valence-corrected chi connectivity index (χ0v) is 14.4. The molecule has 3 aromatic rings. The third-order valence-electron chi connectivity index (χ3n) is 3.49. The lowest BCUT2D eigenvalue weighted by atomic mass is 10.2. The van der Waals surface area contributed by atoms with E-state index in [0.29, 0.717) is 11.4 Å². The molecule has 0 aliphatic heterocycles. The van der Waals surface area contributed by atoms with Gasteiger partial charge in [-0.25, -0.2) is 4.68 Å². The summed E-state index contributed by atoms with van der Waals surface area (Å²) in [5.74, 6) is -0.306. The number of anilines is 1. The van der Waals surface area contributed by atoms with E-state index in [0.717, 1.165) is 15.1 Å². The number of nitrogens with one attached hydrogen (secondary N) is 1. The molecule has 126 valence electrons. The second-order valence-corrected chi connectivity index (χ2v) is 6.11. The van der Waals surface area contributed by atoms with Gasteiger partial charge in [0.1, 0.15) is 6.54 Å². The maximum Gasteiger partial charge on any atom is 0.267 e. The maximum atomic E-state index is 12.3. The summed E-state index contributed by atoms with van der Waals surface area (Å²) >= 11 is 1.59. The van der Waals surface area contributed by atoms with Crippen molar-refractivity contribution in [3.8, 4) is 11.3 Å². The molecular formula is C18H16N4O2S. The fraction of sp³-hybridized carbons (Fsp3) is 0.111. The number of amides is 1. The summed E-state index contributed by atoms with van der Waals surface area (Å²) in [5, 5.41) is 7.06. The topological polar surface area (TPSA) is 76.9 Å². The summed E-state index contributed by atoms with van der Waals surface area (Å²) in [6.45, 7) is -0.152. The first-order valence-corrected chi connectivity index (χ1v) is 8.80. The van der Waals surface area contributed by atoms with Crippen molar-refractivity contribution in [2.24, 2.45) is 0 Å². The molecule has 1 amide bonds.